The SMILES string of the molecule is Cc1nn(-c2ccccc2)nc1C(=O)NCc1ccccc1-c1ccc(CN(C)C)cc1. The van der Waals surface area contributed by atoms with Crippen LogP contribution < -0.4 is 5.32 Å². The number of hydrogen-bond acceptors (Lipinski definition) is 4. The lowest BCUT2D eigenvalue weighted by Crippen LogP contribution is -2.24. The zero-order chi connectivity index (χ0) is 22.5. The predicted molar refractivity (Wildman–Crippen MR) is 127 cm³/mol. The standard InChI is InChI=1S/C26H27N5O/c1-19-25(29-31(28-19)23-10-5-4-6-11-23)26(32)27-17-22-9-7-8-12-24(22)21-15-13-20(14-16-21)18-30(2)3/h4-16H,17-18H2,1-3H3,(H,27,32). The van der Waals surface area contributed by atoms with Gasteiger partial charge in [0, 0.05) is 13.1 Å². The third-order valence-electron chi connectivity index (χ3n) is 5.20. The largest absolute Gasteiger partial charge is 0.346 e. The second-order valence-corrected chi connectivity index (χ2v) is 8.03. The lowest BCUT2D eigenvalue weighted by atomic mass is 9.98. The van der Waals surface area contributed by atoms with Crippen LogP contribution in [0.4, 0.5) is 0 Å². The molecule has 3 aromatic carbocycles. The minimum absolute atomic E-state index is 0.235. The highest BCUT2D eigenvalue weighted by molar-refractivity contribution is 5.93. The fraction of sp³-hybridized carbons (Fsp3) is 0.192. The van der Waals surface area contributed by atoms with E-state index in [0.717, 1.165) is 28.9 Å². The van der Waals surface area contributed by atoms with Crippen LogP contribution in [0.1, 0.15) is 27.3 Å². The molecule has 32 heavy (non-hydrogen) atoms. The second kappa shape index (κ2) is 9.58. The van der Waals surface area contributed by atoms with Crippen LogP contribution in [0, 0.1) is 6.92 Å². The van der Waals surface area contributed by atoms with Gasteiger partial charge in [0.15, 0.2) is 5.69 Å². The molecule has 0 aliphatic carbocycles. The molecular weight excluding hydrogens is 398 g/mol. The van der Waals surface area contributed by atoms with Gasteiger partial charge in [-0.3, -0.25) is 4.79 Å². The molecule has 162 valence electrons. The van der Waals surface area contributed by atoms with Gasteiger partial charge in [-0.1, -0.05) is 66.7 Å². The van der Waals surface area contributed by atoms with Crippen molar-refractivity contribution in [3.8, 4) is 16.8 Å². The first-order valence-electron chi connectivity index (χ1n) is 10.6. The van der Waals surface area contributed by atoms with Crippen molar-refractivity contribution in [1.82, 2.24) is 25.2 Å². The Bertz CT molecular complexity index is 1200. The Kier molecular flexibility index (Phi) is 6.42. The number of hydrogen-bond donors (Lipinski definition) is 1. The Labute approximate surface area is 188 Å². The first kappa shape index (κ1) is 21.5. The summed E-state index contributed by atoms with van der Waals surface area (Å²) in [4.78, 5) is 16.5. The van der Waals surface area contributed by atoms with Gasteiger partial charge in [-0.15, -0.1) is 5.10 Å². The molecule has 0 bridgehead atoms. The van der Waals surface area contributed by atoms with Crippen LogP contribution in [0.25, 0.3) is 16.8 Å². The van der Waals surface area contributed by atoms with Crippen molar-refractivity contribution in [1.29, 1.82) is 0 Å². The van der Waals surface area contributed by atoms with E-state index in [0.29, 0.717) is 17.9 Å². The molecule has 0 fully saturated rings. The predicted octanol–water partition coefficient (Wildman–Crippen LogP) is 4.23. The zero-order valence-electron chi connectivity index (χ0n) is 18.6. The monoisotopic (exact) mass is 425 g/mol. The number of amides is 1. The van der Waals surface area contributed by atoms with Gasteiger partial charge in [0.2, 0.25) is 0 Å². The highest BCUT2D eigenvalue weighted by Crippen LogP contribution is 2.24. The molecular formula is C26H27N5O. The van der Waals surface area contributed by atoms with Crippen molar-refractivity contribution in [2.24, 2.45) is 0 Å². The van der Waals surface area contributed by atoms with Gasteiger partial charge >= 0.3 is 0 Å². The molecule has 6 heteroatoms. The second-order valence-electron chi connectivity index (χ2n) is 8.03. The Hall–Kier alpha value is -3.77. The molecule has 1 aromatic heterocycles. The van der Waals surface area contributed by atoms with Crippen LogP contribution in [-0.2, 0) is 13.1 Å². The van der Waals surface area contributed by atoms with Crippen LogP contribution in [0.5, 0.6) is 0 Å². The van der Waals surface area contributed by atoms with E-state index in [1.165, 1.54) is 10.4 Å². The van der Waals surface area contributed by atoms with Crippen molar-refractivity contribution < 1.29 is 4.79 Å². The molecule has 0 atom stereocenters. The first-order valence-corrected chi connectivity index (χ1v) is 10.6. The summed E-state index contributed by atoms with van der Waals surface area (Å²) < 4.78 is 0. The summed E-state index contributed by atoms with van der Waals surface area (Å²) in [5.41, 5.74) is 6.29. The highest BCUT2D eigenvalue weighted by Gasteiger charge is 2.16. The highest BCUT2D eigenvalue weighted by atomic mass is 16.2. The fourth-order valence-corrected chi connectivity index (χ4v) is 3.64. The summed E-state index contributed by atoms with van der Waals surface area (Å²) in [6.07, 6.45) is 0. The van der Waals surface area contributed by atoms with E-state index in [9.17, 15) is 4.79 Å². The van der Waals surface area contributed by atoms with Crippen molar-refractivity contribution in [3.05, 3.63) is 101 Å². The van der Waals surface area contributed by atoms with E-state index >= 15 is 0 Å². The zero-order valence-corrected chi connectivity index (χ0v) is 18.6. The van der Waals surface area contributed by atoms with Crippen LogP contribution in [0.15, 0.2) is 78.9 Å². The summed E-state index contributed by atoms with van der Waals surface area (Å²) in [7, 11) is 4.12. The molecule has 6 nitrogen and oxygen atoms in total. The lowest BCUT2D eigenvalue weighted by molar-refractivity contribution is 0.0945. The molecule has 0 saturated carbocycles. The number of benzene rings is 3. The maximum atomic E-state index is 12.8. The molecule has 4 aromatic rings. The molecule has 1 N–H and O–H groups in total. The number of nitrogens with zero attached hydrogens (tertiary/aromatic N) is 4. The van der Waals surface area contributed by atoms with Crippen molar-refractivity contribution in [2.75, 3.05) is 14.1 Å². The van der Waals surface area contributed by atoms with E-state index < -0.39 is 0 Å². The fourth-order valence-electron chi connectivity index (χ4n) is 3.64. The van der Waals surface area contributed by atoms with Crippen LogP contribution in [0.3, 0.4) is 0 Å². The van der Waals surface area contributed by atoms with Crippen molar-refractivity contribution in [2.45, 2.75) is 20.0 Å². The minimum atomic E-state index is -0.235. The number of carbonyl (C=O) groups is 1. The van der Waals surface area contributed by atoms with Crippen LogP contribution in [-0.4, -0.2) is 39.9 Å². The molecule has 1 amide bonds. The van der Waals surface area contributed by atoms with E-state index in [2.05, 4.69) is 64.8 Å². The number of nitrogens with one attached hydrogen (secondary N) is 1. The van der Waals surface area contributed by atoms with E-state index in [4.69, 9.17) is 0 Å². The summed E-state index contributed by atoms with van der Waals surface area (Å²) >= 11 is 0. The summed E-state index contributed by atoms with van der Waals surface area (Å²) in [5.74, 6) is -0.235. The van der Waals surface area contributed by atoms with Crippen molar-refractivity contribution >= 4 is 5.91 Å². The van der Waals surface area contributed by atoms with Gasteiger partial charge in [-0.05, 0) is 55.4 Å². The molecule has 0 spiro atoms. The average Bonchev–Trinajstić information content (AvgIpc) is 3.20. The normalized spacial score (nSPS) is 11.0. The average molecular weight is 426 g/mol. The molecule has 4 rings (SSSR count). The van der Waals surface area contributed by atoms with Gasteiger partial charge < -0.3 is 10.2 Å². The van der Waals surface area contributed by atoms with Gasteiger partial charge in [0.25, 0.3) is 5.91 Å². The van der Waals surface area contributed by atoms with Crippen molar-refractivity contribution in [3.63, 3.8) is 0 Å². The molecule has 0 unspecified atom stereocenters. The third-order valence-corrected chi connectivity index (χ3v) is 5.20. The number of aryl methyl sites for hydroxylation is 1. The Morgan fingerprint density at radius 1 is 0.906 bits per heavy atom. The molecule has 0 radical (unpaired) electrons. The van der Waals surface area contributed by atoms with Gasteiger partial charge in [-0.2, -0.15) is 9.90 Å². The summed E-state index contributed by atoms with van der Waals surface area (Å²) in [6, 6.07) is 26.3. The Balaban J connectivity index is 1.49. The quantitative estimate of drug-likeness (QED) is 0.481. The van der Waals surface area contributed by atoms with E-state index in [1.807, 2.05) is 48.5 Å². The molecule has 0 aliphatic rings. The topological polar surface area (TPSA) is 63.1 Å². The molecule has 0 saturated heterocycles. The maximum absolute atomic E-state index is 12.8. The number of rotatable bonds is 7. The maximum Gasteiger partial charge on any atom is 0.274 e. The van der Waals surface area contributed by atoms with E-state index in [-0.39, 0.29) is 5.91 Å². The molecule has 1 heterocycles. The van der Waals surface area contributed by atoms with Crippen LogP contribution >= 0.6 is 0 Å². The lowest BCUT2D eigenvalue weighted by Gasteiger charge is -2.13. The summed E-state index contributed by atoms with van der Waals surface area (Å²) in [5, 5.41) is 11.8. The van der Waals surface area contributed by atoms with E-state index in [1.54, 1.807) is 6.92 Å². The number of carbonyl (C=O) groups excluding carboxylic acids is 1. The van der Waals surface area contributed by atoms with Gasteiger partial charge in [0.05, 0.1) is 11.4 Å². The summed E-state index contributed by atoms with van der Waals surface area (Å²) in [6.45, 7) is 3.11. The Morgan fingerprint density at radius 2 is 1.59 bits per heavy atom. The Morgan fingerprint density at radius 3 is 2.31 bits per heavy atom. The smallest absolute Gasteiger partial charge is 0.274 e. The number of aromatic nitrogens is 3. The third kappa shape index (κ3) is 4.92. The first-order chi connectivity index (χ1) is 15.5. The van der Waals surface area contributed by atoms with Gasteiger partial charge in [0.1, 0.15) is 0 Å². The molecule has 0 aliphatic heterocycles. The van der Waals surface area contributed by atoms with Crippen LogP contribution in [0.2, 0.25) is 0 Å². The van der Waals surface area contributed by atoms with Gasteiger partial charge in [-0.25, -0.2) is 0 Å². The number of para-hydroxylation sites is 1. The minimum Gasteiger partial charge on any atom is -0.346 e.